The van der Waals surface area contributed by atoms with Crippen molar-refractivity contribution >= 4 is 28.7 Å². The second-order valence-electron chi connectivity index (χ2n) is 5.01. The van der Waals surface area contributed by atoms with Crippen molar-refractivity contribution < 1.29 is 9.53 Å². The van der Waals surface area contributed by atoms with Gasteiger partial charge in [0.2, 0.25) is 5.78 Å². The molecule has 4 heteroatoms. The molecule has 1 aromatic heterocycles. The number of hydrogen-bond donors (Lipinski definition) is 0. The lowest BCUT2D eigenvalue weighted by molar-refractivity contribution is 0.0822. The average Bonchev–Trinajstić information content (AvgIpc) is 3.05. The van der Waals surface area contributed by atoms with Crippen molar-refractivity contribution in [1.82, 2.24) is 0 Å². The Morgan fingerprint density at radius 3 is 2.80 bits per heavy atom. The molecule has 1 heterocycles. The van der Waals surface area contributed by atoms with Gasteiger partial charge in [-0.1, -0.05) is 17.7 Å². The first-order valence-corrected chi connectivity index (χ1v) is 7.91. The Hall–Kier alpha value is -1.32. The van der Waals surface area contributed by atoms with Crippen LogP contribution in [0.1, 0.15) is 34.1 Å². The van der Waals surface area contributed by atoms with Crippen molar-refractivity contribution in [2.24, 2.45) is 0 Å². The lowest BCUT2D eigenvalue weighted by Gasteiger charge is -2.13. The van der Waals surface area contributed by atoms with E-state index in [1.807, 2.05) is 6.07 Å². The van der Waals surface area contributed by atoms with E-state index in [9.17, 15) is 4.79 Å². The monoisotopic (exact) mass is 306 g/mol. The van der Waals surface area contributed by atoms with Gasteiger partial charge in [-0.05, 0) is 61.6 Å². The van der Waals surface area contributed by atoms with Crippen molar-refractivity contribution in [3.05, 3.63) is 50.7 Å². The predicted molar refractivity (Wildman–Crippen MR) is 82.2 cm³/mol. The molecule has 1 aromatic carbocycles. The highest BCUT2D eigenvalue weighted by Gasteiger charge is 2.19. The summed E-state index contributed by atoms with van der Waals surface area (Å²) in [5.74, 6) is 0.747. The van der Waals surface area contributed by atoms with Crippen molar-refractivity contribution in [3.63, 3.8) is 0 Å². The third kappa shape index (κ3) is 2.74. The molecule has 2 aromatic rings. The zero-order valence-corrected chi connectivity index (χ0v) is 12.8. The number of carbonyl (C=O) groups excluding carboxylic acids is 1. The van der Waals surface area contributed by atoms with Crippen molar-refractivity contribution in [2.75, 3.05) is 0 Å². The molecule has 1 atom stereocenters. The number of halogens is 1. The average molecular weight is 307 g/mol. The molecule has 0 saturated carbocycles. The van der Waals surface area contributed by atoms with Gasteiger partial charge in [-0.3, -0.25) is 4.79 Å². The van der Waals surface area contributed by atoms with Crippen LogP contribution in [0.15, 0.2) is 30.3 Å². The molecule has 0 N–H and O–H groups in total. The highest BCUT2D eigenvalue weighted by Crippen LogP contribution is 2.28. The fourth-order valence-electron chi connectivity index (χ4n) is 2.53. The molecule has 1 aliphatic carbocycles. The molecule has 104 valence electrons. The molecule has 0 radical (unpaired) electrons. The fourth-order valence-corrected chi connectivity index (χ4v) is 3.59. The number of benzene rings is 1. The predicted octanol–water partition coefficient (Wildman–Crippen LogP) is 4.54. The Morgan fingerprint density at radius 1 is 1.25 bits per heavy atom. The van der Waals surface area contributed by atoms with Crippen molar-refractivity contribution in [1.29, 1.82) is 0 Å². The summed E-state index contributed by atoms with van der Waals surface area (Å²) in [5, 5.41) is 0. The first-order chi connectivity index (χ1) is 9.63. The third-order valence-corrected chi connectivity index (χ3v) is 4.81. The maximum atomic E-state index is 12.2. The van der Waals surface area contributed by atoms with E-state index in [2.05, 4.69) is 12.1 Å². The van der Waals surface area contributed by atoms with Crippen LogP contribution in [-0.4, -0.2) is 11.9 Å². The van der Waals surface area contributed by atoms with Gasteiger partial charge in [0.25, 0.3) is 0 Å². The summed E-state index contributed by atoms with van der Waals surface area (Å²) in [6.07, 6.45) is 2.97. The number of Topliss-reactive ketones (excluding diaryl/α,β-unsaturated/α-hetero) is 1. The van der Waals surface area contributed by atoms with Crippen LogP contribution in [0.4, 0.5) is 0 Å². The Balaban J connectivity index is 1.72. The van der Waals surface area contributed by atoms with Crippen molar-refractivity contribution in [3.8, 4) is 5.75 Å². The Bertz CT molecular complexity index is 648. The fraction of sp³-hybridized carbons (Fsp3) is 0.312. The lowest BCUT2D eigenvalue weighted by atomic mass is 10.1. The molecule has 2 nitrogen and oxygen atoms in total. The highest BCUT2D eigenvalue weighted by molar-refractivity contribution is 7.18. The smallest absolute Gasteiger partial charge is 0.212 e. The van der Waals surface area contributed by atoms with Crippen LogP contribution >= 0.6 is 22.9 Å². The van der Waals surface area contributed by atoms with E-state index in [-0.39, 0.29) is 5.78 Å². The SMILES string of the molecule is CC(Oc1ccc2c(c1)CCC2)C(=O)c1ccc(Cl)s1. The minimum absolute atomic E-state index is 0.0256. The van der Waals surface area contributed by atoms with E-state index in [0.29, 0.717) is 9.21 Å². The van der Waals surface area contributed by atoms with Gasteiger partial charge in [0.15, 0.2) is 6.10 Å². The maximum absolute atomic E-state index is 12.2. The van der Waals surface area contributed by atoms with E-state index in [1.165, 1.54) is 28.9 Å². The molecule has 1 aliphatic rings. The second-order valence-corrected chi connectivity index (χ2v) is 6.73. The van der Waals surface area contributed by atoms with Gasteiger partial charge in [-0.15, -0.1) is 11.3 Å². The summed E-state index contributed by atoms with van der Waals surface area (Å²) in [6.45, 7) is 1.78. The van der Waals surface area contributed by atoms with E-state index >= 15 is 0 Å². The van der Waals surface area contributed by atoms with E-state index in [1.54, 1.807) is 19.1 Å². The van der Waals surface area contributed by atoms with Gasteiger partial charge in [0.05, 0.1) is 9.21 Å². The topological polar surface area (TPSA) is 26.3 Å². The largest absolute Gasteiger partial charge is 0.483 e. The molecule has 0 fully saturated rings. The molecule has 20 heavy (non-hydrogen) atoms. The van der Waals surface area contributed by atoms with E-state index < -0.39 is 6.10 Å². The maximum Gasteiger partial charge on any atom is 0.212 e. The number of fused-ring (bicyclic) bond motifs is 1. The Labute approximate surface area is 127 Å². The first kappa shape index (κ1) is 13.7. The standard InChI is InChI=1S/C16H15ClO2S/c1-10(16(18)14-7-8-15(17)20-14)19-13-6-5-11-3-2-4-12(11)9-13/h5-10H,2-4H2,1H3. The van der Waals surface area contributed by atoms with Gasteiger partial charge in [-0.25, -0.2) is 0 Å². The number of hydrogen-bond acceptors (Lipinski definition) is 3. The third-order valence-electron chi connectivity index (χ3n) is 3.57. The van der Waals surface area contributed by atoms with Gasteiger partial charge in [0, 0.05) is 0 Å². The number of thiophene rings is 1. The van der Waals surface area contributed by atoms with Gasteiger partial charge in [0.1, 0.15) is 5.75 Å². The number of ketones is 1. The molecular weight excluding hydrogens is 292 g/mol. The summed E-state index contributed by atoms with van der Waals surface area (Å²) in [4.78, 5) is 12.9. The zero-order valence-electron chi connectivity index (χ0n) is 11.2. The molecule has 0 aliphatic heterocycles. The second kappa shape index (κ2) is 5.58. The van der Waals surface area contributed by atoms with Gasteiger partial charge in [-0.2, -0.15) is 0 Å². The Kier molecular flexibility index (Phi) is 3.81. The van der Waals surface area contributed by atoms with Crippen molar-refractivity contribution in [2.45, 2.75) is 32.3 Å². The molecule has 0 spiro atoms. The van der Waals surface area contributed by atoms with Crippen LogP contribution in [-0.2, 0) is 12.8 Å². The number of aryl methyl sites for hydroxylation is 2. The highest BCUT2D eigenvalue weighted by atomic mass is 35.5. The van der Waals surface area contributed by atoms with Crippen LogP contribution in [0.2, 0.25) is 4.34 Å². The van der Waals surface area contributed by atoms with E-state index in [0.717, 1.165) is 18.6 Å². The molecule has 0 bridgehead atoms. The van der Waals surface area contributed by atoms with Crippen LogP contribution in [0.25, 0.3) is 0 Å². The minimum Gasteiger partial charge on any atom is -0.483 e. The van der Waals surface area contributed by atoms with Crippen LogP contribution in [0.5, 0.6) is 5.75 Å². The molecule has 0 saturated heterocycles. The molecule has 1 unspecified atom stereocenters. The Morgan fingerprint density at radius 2 is 2.05 bits per heavy atom. The summed E-state index contributed by atoms with van der Waals surface area (Å²) < 4.78 is 6.40. The van der Waals surface area contributed by atoms with Crippen LogP contribution in [0, 0.1) is 0 Å². The lowest BCUT2D eigenvalue weighted by Crippen LogP contribution is -2.23. The molecule has 0 amide bonds. The first-order valence-electron chi connectivity index (χ1n) is 6.71. The number of carbonyl (C=O) groups is 1. The summed E-state index contributed by atoms with van der Waals surface area (Å²) >= 11 is 7.15. The quantitative estimate of drug-likeness (QED) is 0.775. The normalized spacial score (nSPS) is 14.9. The van der Waals surface area contributed by atoms with Gasteiger partial charge < -0.3 is 4.74 Å². The summed E-state index contributed by atoms with van der Waals surface area (Å²) in [5.41, 5.74) is 2.75. The summed E-state index contributed by atoms with van der Waals surface area (Å²) in [7, 11) is 0. The molecular formula is C16H15ClO2S. The van der Waals surface area contributed by atoms with E-state index in [4.69, 9.17) is 16.3 Å². The minimum atomic E-state index is -0.496. The zero-order chi connectivity index (χ0) is 14.1. The van der Waals surface area contributed by atoms with Gasteiger partial charge >= 0.3 is 0 Å². The number of ether oxygens (including phenoxy) is 1. The van der Waals surface area contributed by atoms with Crippen LogP contribution < -0.4 is 4.74 Å². The number of rotatable bonds is 4. The molecule has 3 rings (SSSR count). The summed E-state index contributed by atoms with van der Waals surface area (Å²) in [6, 6.07) is 9.61. The van der Waals surface area contributed by atoms with Crippen LogP contribution in [0.3, 0.4) is 0 Å².